The third-order valence-corrected chi connectivity index (χ3v) is 4.71. The van der Waals surface area contributed by atoms with Gasteiger partial charge >= 0.3 is 0 Å². The van der Waals surface area contributed by atoms with E-state index in [0.717, 1.165) is 29.6 Å². The number of rotatable bonds is 12. The number of benzene rings is 1. The number of H-pyrrole nitrogens is 1. The molecular formula is C19H27N3S. The molecule has 1 aromatic carbocycles. The number of hydrogen-bond donors (Lipinski definition) is 1. The summed E-state index contributed by atoms with van der Waals surface area (Å²) < 4.78 is 0. The van der Waals surface area contributed by atoms with Gasteiger partial charge in [0.2, 0.25) is 5.16 Å². The Morgan fingerprint density at radius 3 is 2.52 bits per heavy atom. The summed E-state index contributed by atoms with van der Waals surface area (Å²) in [5.41, 5.74) is 1.31. The van der Waals surface area contributed by atoms with E-state index in [1.54, 1.807) is 11.8 Å². The standard InChI is InChI=1S/C19H27N3S/c1-2-3-4-5-6-7-8-12-15-18-20-19(22-21-18)23-16-17-13-10-9-11-14-17/h2,9-11,13-14H,1,3-8,12,15-16H2,(H,20,21,22). The molecule has 0 aliphatic carbocycles. The number of unbranched alkanes of at least 4 members (excludes halogenated alkanes) is 6. The first kappa shape index (κ1) is 17.8. The third-order valence-electron chi connectivity index (χ3n) is 3.79. The van der Waals surface area contributed by atoms with E-state index in [1.165, 1.54) is 44.1 Å². The van der Waals surface area contributed by atoms with Crippen molar-refractivity contribution in [3.05, 3.63) is 54.4 Å². The highest BCUT2D eigenvalue weighted by molar-refractivity contribution is 7.98. The second-order valence-electron chi connectivity index (χ2n) is 5.79. The molecule has 0 aliphatic rings. The van der Waals surface area contributed by atoms with Crippen LogP contribution < -0.4 is 0 Å². The molecule has 0 radical (unpaired) electrons. The van der Waals surface area contributed by atoms with Crippen LogP contribution in [-0.4, -0.2) is 15.2 Å². The molecule has 0 saturated carbocycles. The van der Waals surface area contributed by atoms with Crippen molar-refractivity contribution in [2.24, 2.45) is 0 Å². The largest absolute Gasteiger partial charge is 0.262 e. The second-order valence-corrected chi connectivity index (χ2v) is 6.73. The van der Waals surface area contributed by atoms with Gasteiger partial charge < -0.3 is 0 Å². The van der Waals surface area contributed by atoms with E-state index in [4.69, 9.17) is 0 Å². The number of nitrogens with zero attached hydrogens (tertiary/aromatic N) is 2. The average molecular weight is 330 g/mol. The summed E-state index contributed by atoms with van der Waals surface area (Å²) in [4.78, 5) is 4.57. The molecule has 0 bridgehead atoms. The van der Waals surface area contributed by atoms with Gasteiger partial charge in [-0.25, -0.2) is 4.98 Å². The fourth-order valence-corrected chi connectivity index (χ4v) is 3.24. The lowest BCUT2D eigenvalue weighted by Crippen LogP contribution is -1.89. The highest BCUT2D eigenvalue weighted by Gasteiger charge is 2.04. The zero-order valence-electron chi connectivity index (χ0n) is 13.8. The monoisotopic (exact) mass is 329 g/mol. The summed E-state index contributed by atoms with van der Waals surface area (Å²) in [5, 5.41) is 8.22. The Morgan fingerprint density at radius 1 is 1.00 bits per heavy atom. The SMILES string of the molecule is C=CCCCCCCCCc1nc(SCc2ccccc2)n[nH]1. The molecule has 1 heterocycles. The summed E-state index contributed by atoms with van der Waals surface area (Å²) in [6.07, 6.45) is 11.9. The summed E-state index contributed by atoms with van der Waals surface area (Å²) in [6.45, 7) is 3.76. The van der Waals surface area contributed by atoms with Crippen LogP contribution in [0.1, 0.15) is 56.3 Å². The minimum absolute atomic E-state index is 0.855. The lowest BCUT2D eigenvalue weighted by atomic mass is 10.1. The van der Waals surface area contributed by atoms with Crippen LogP contribution >= 0.6 is 11.8 Å². The molecule has 0 aliphatic heterocycles. The quantitative estimate of drug-likeness (QED) is 0.315. The minimum Gasteiger partial charge on any atom is -0.262 e. The van der Waals surface area contributed by atoms with Crippen molar-refractivity contribution in [3.63, 3.8) is 0 Å². The summed E-state index contributed by atoms with van der Waals surface area (Å²) >= 11 is 1.69. The number of aryl methyl sites for hydroxylation is 1. The van der Waals surface area contributed by atoms with Crippen molar-refractivity contribution < 1.29 is 0 Å². The Kier molecular flexibility index (Phi) is 8.56. The second kappa shape index (κ2) is 11.1. The topological polar surface area (TPSA) is 41.6 Å². The first-order valence-electron chi connectivity index (χ1n) is 8.57. The number of allylic oxidation sites excluding steroid dienone is 1. The van der Waals surface area contributed by atoms with Crippen LogP contribution in [0.2, 0.25) is 0 Å². The zero-order valence-corrected chi connectivity index (χ0v) is 14.7. The van der Waals surface area contributed by atoms with Crippen molar-refractivity contribution in [2.75, 3.05) is 0 Å². The van der Waals surface area contributed by atoms with Crippen molar-refractivity contribution in [1.82, 2.24) is 15.2 Å². The molecule has 4 heteroatoms. The molecule has 0 fully saturated rings. The molecule has 0 amide bonds. The van der Waals surface area contributed by atoms with E-state index in [1.807, 2.05) is 12.1 Å². The van der Waals surface area contributed by atoms with Crippen LogP contribution in [0.25, 0.3) is 0 Å². The maximum atomic E-state index is 4.57. The number of hydrogen-bond acceptors (Lipinski definition) is 3. The molecular weight excluding hydrogens is 302 g/mol. The van der Waals surface area contributed by atoms with Gasteiger partial charge in [-0.1, -0.05) is 73.9 Å². The molecule has 1 aromatic heterocycles. The molecule has 3 nitrogen and oxygen atoms in total. The zero-order chi connectivity index (χ0) is 16.2. The molecule has 0 unspecified atom stereocenters. The third kappa shape index (κ3) is 7.51. The lowest BCUT2D eigenvalue weighted by Gasteiger charge is -1.99. The van der Waals surface area contributed by atoms with Gasteiger partial charge in [-0.2, -0.15) is 0 Å². The van der Waals surface area contributed by atoms with Crippen LogP contribution in [-0.2, 0) is 12.2 Å². The first-order chi connectivity index (χ1) is 11.4. The Balaban J connectivity index is 1.57. The van der Waals surface area contributed by atoms with E-state index in [0.29, 0.717) is 0 Å². The van der Waals surface area contributed by atoms with Gasteiger partial charge in [0.25, 0.3) is 0 Å². The van der Waals surface area contributed by atoms with E-state index in [2.05, 4.69) is 46.0 Å². The van der Waals surface area contributed by atoms with E-state index in [-0.39, 0.29) is 0 Å². The molecule has 0 atom stereocenters. The van der Waals surface area contributed by atoms with Gasteiger partial charge in [-0.3, -0.25) is 5.10 Å². The maximum absolute atomic E-state index is 4.57. The smallest absolute Gasteiger partial charge is 0.208 e. The van der Waals surface area contributed by atoms with Crippen LogP contribution in [0.4, 0.5) is 0 Å². The predicted octanol–water partition coefficient (Wildman–Crippen LogP) is 5.56. The van der Waals surface area contributed by atoms with Crippen LogP contribution in [0.3, 0.4) is 0 Å². The number of aromatic nitrogens is 3. The van der Waals surface area contributed by atoms with Crippen molar-refractivity contribution >= 4 is 11.8 Å². The Hall–Kier alpha value is -1.55. The summed E-state index contributed by atoms with van der Waals surface area (Å²) in [7, 11) is 0. The normalized spacial score (nSPS) is 10.8. The Labute approximate surface area is 144 Å². The van der Waals surface area contributed by atoms with Crippen LogP contribution in [0, 0.1) is 0 Å². The van der Waals surface area contributed by atoms with Crippen LogP contribution in [0.15, 0.2) is 48.1 Å². The molecule has 23 heavy (non-hydrogen) atoms. The van der Waals surface area contributed by atoms with Gasteiger partial charge in [0, 0.05) is 12.2 Å². The van der Waals surface area contributed by atoms with E-state index >= 15 is 0 Å². The molecule has 0 spiro atoms. The molecule has 124 valence electrons. The summed E-state index contributed by atoms with van der Waals surface area (Å²) in [5.74, 6) is 1.94. The van der Waals surface area contributed by atoms with Crippen molar-refractivity contribution in [3.8, 4) is 0 Å². The van der Waals surface area contributed by atoms with Crippen LogP contribution in [0.5, 0.6) is 0 Å². The lowest BCUT2D eigenvalue weighted by molar-refractivity contribution is 0.591. The van der Waals surface area contributed by atoms with Gasteiger partial charge in [-0.15, -0.1) is 11.7 Å². The number of aromatic amines is 1. The Morgan fingerprint density at radius 2 is 1.74 bits per heavy atom. The molecule has 2 aromatic rings. The van der Waals surface area contributed by atoms with Crippen molar-refractivity contribution in [1.29, 1.82) is 0 Å². The fraction of sp³-hybridized carbons (Fsp3) is 0.474. The predicted molar refractivity (Wildman–Crippen MR) is 98.6 cm³/mol. The first-order valence-corrected chi connectivity index (χ1v) is 9.56. The van der Waals surface area contributed by atoms with E-state index in [9.17, 15) is 0 Å². The minimum atomic E-state index is 0.855. The van der Waals surface area contributed by atoms with Gasteiger partial charge in [0.05, 0.1) is 0 Å². The van der Waals surface area contributed by atoms with Crippen molar-refractivity contribution in [2.45, 2.75) is 62.3 Å². The fourth-order valence-electron chi connectivity index (χ4n) is 2.46. The molecule has 2 rings (SSSR count). The highest BCUT2D eigenvalue weighted by atomic mass is 32.2. The molecule has 0 saturated heterocycles. The average Bonchev–Trinajstić information content (AvgIpc) is 3.04. The van der Waals surface area contributed by atoms with Gasteiger partial charge in [0.1, 0.15) is 5.82 Å². The Bertz CT molecular complexity index is 551. The number of nitrogens with one attached hydrogen (secondary N) is 1. The van der Waals surface area contributed by atoms with Gasteiger partial charge in [0.15, 0.2) is 0 Å². The highest BCUT2D eigenvalue weighted by Crippen LogP contribution is 2.19. The maximum Gasteiger partial charge on any atom is 0.208 e. The molecule has 1 N–H and O–H groups in total. The summed E-state index contributed by atoms with van der Waals surface area (Å²) in [6, 6.07) is 10.4. The van der Waals surface area contributed by atoms with Gasteiger partial charge in [-0.05, 0) is 24.8 Å². The van der Waals surface area contributed by atoms with E-state index < -0.39 is 0 Å². The number of thioether (sulfide) groups is 1.